The van der Waals surface area contributed by atoms with Crippen LogP contribution in [0.2, 0.25) is 0 Å². The summed E-state index contributed by atoms with van der Waals surface area (Å²) >= 11 is 24.8. The number of ether oxygens (including phenoxy) is 1. The maximum absolute atomic E-state index is 14.1. The Kier molecular flexibility index (Phi) is 39.1. The zero-order valence-corrected chi connectivity index (χ0v) is 60.7. The van der Waals surface area contributed by atoms with Crippen molar-refractivity contribution >= 4 is 171 Å². The van der Waals surface area contributed by atoms with Crippen LogP contribution in [0, 0.1) is 0 Å². The van der Waals surface area contributed by atoms with E-state index in [0.717, 1.165) is 12.0 Å². The molecule has 1 aliphatic rings. The number of esters is 1. The number of phenolic OH excluding ortho intramolecular Hbond substituents is 2. The molecule has 0 aliphatic carbocycles. The van der Waals surface area contributed by atoms with Gasteiger partial charge in [0.2, 0.25) is 76.5 Å². The van der Waals surface area contributed by atoms with Gasteiger partial charge in [-0.25, -0.2) is 10.9 Å². The molecule has 0 spiro atoms. The van der Waals surface area contributed by atoms with Gasteiger partial charge in [-0.15, -0.1) is 0 Å². The highest BCUT2D eigenvalue weighted by Gasteiger charge is 2.41. The third-order valence-electron chi connectivity index (χ3n) is 15.2. The second-order valence-electron chi connectivity index (χ2n) is 23.0. The number of aliphatic carboxylic acids is 1. The van der Waals surface area contributed by atoms with Crippen molar-refractivity contribution in [3.05, 3.63) is 59.7 Å². The molecule has 1 aliphatic heterocycles. The Balaban J connectivity index is 1.66. The molecule has 6 unspecified atom stereocenters. The van der Waals surface area contributed by atoms with Crippen LogP contribution in [0.15, 0.2) is 48.5 Å². The molecule has 0 aromatic heterocycles. The number of rotatable bonds is 46. The molecule has 42 heteroatoms. The van der Waals surface area contributed by atoms with Crippen molar-refractivity contribution in [1.82, 2.24) is 74.5 Å². The summed E-state index contributed by atoms with van der Waals surface area (Å²) in [4.78, 5) is 212. The summed E-state index contributed by atoms with van der Waals surface area (Å²) in [6, 6.07) is -7.53. The maximum Gasteiger partial charge on any atom is 0.323 e. The Labute approximate surface area is 618 Å². The highest BCUT2D eigenvalue weighted by molar-refractivity contribution is 7.81. The molecule has 1 saturated heterocycles. The number of nitrogens with zero attached hydrogens (tertiary/aromatic N) is 1. The number of benzene rings is 2. The number of likely N-dealkylation sites (tertiary alicyclic amines) is 1. The lowest BCUT2D eigenvalue weighted by Gasteiger charge is -2.29. The number of aliphatic hydroxyl groups excluding tert-OH is 1. The number of nitrogens with one attached hydrogen (secondary N) is 13. The van der Waals surface area contributed by atoms with Crippen molar-refractivity contribution in [2.24, 2.45) is 5.73 Å². The van der Waals surface area contributed by atoms with E-state index in [1.807, 2.05) is 0 Å². The fourth-order valence-corrected chi connectivity index (χ4v) is 11.1. The zero-order chi connectivity index (χ0) is 76.5. The molecule has 102 heavy (non-hydrogen) atoms. The van der Waals surface area contributed by atoms with Crippen LogP contribution >= 0.6 is 75.8 Å². The van der Waals surface area contributed by atoms with E-state index < -0.39 is 210 Å². The second kappa shape index (κ2) is 45.2. The second-order valence-corrected chi connectivity index (χ2v) is 25.2. The number of amides is 11. The molecular formula is C60H87N15O21S6. The summed E-state index contributed by atoms with van der Waals surface area (Å²) < 4.78 is 4.83. The Morgan fingerprint density at radius 3 is 1.48 bits per heavy atom. The molecule has 0 radical (unpaired) electrons. The lowest BCUT2D eigenvalue weighted by Crippen LogP contribution is -2.62. The first-order valence-electron chi connectivity index (χ1n) is 31.3. The number of hydrogen-bond acceptors (Lipinski definition) is 30. The van der Waals surface area contributed by atoms with Crippen LogP contribution in [0.4, 0.5) is 0 Å². The number of primary amides is 1. The number of Topliss-reactive ketones (excluding diaryl/α,β-unsaturated/α-hetero) is 2. The van der Waals surface area contributed by atoms with Crippen LogP contribution in [0.3, 0.4) is 0 Å². The fraction of sp³-hybridized carbons (Fsp3) is 0.533. The number of nitrogens with two attached hydrogens (primary N) is 1. The predicted octanol–water partition coefficient (Wildman–Crippen LogP) is -7.24. The molecule has 0 saturated carbocycles. The summed E-state index contributed by atoms with van der Waals surface area (Å²) in [6.07, 6.45) is -3.25. The number of carboxylic acids is 1. The average Bonchev–Trinajstić information content (AvgIpc) is 1.32. The SMILES string of the molecule is COC(=O)C(Cc1ccc(O)cc1)N[C@H](C(=O)C(=O)CNC(=O)[C@H](CS)NNN[C@@H](CS)C(=O)NC(C)C(=O)N1CCC[C@H]1C(=O)NC(CC(N)=O)C(=O)N[C@@H](CS)C(=O)NC(CS)C(=O)N[C@@H](Cc1ccc(O)cc1)C(=O)NC(CCC(=O)O)C(=O)N[C@@H](CS)C(=O)NC(C=O)CS)[C@@H](C)O. The molecule has 2 aromatic carbocycles. The Morgan fingerprint density at radius 2 is 1.02 bits per heavy atom. The predicted molar refractivity (Wildman–Crippen MR) is 384 cm³/mol. The monoisotopic (exact) mass is 1550 g/mol. The summed E-state index contributed by atoms with van der Waals surface area (Å²) in [5, 5.41) is 63.6. The number of aldehydes is 1. The van der Waals surface area contributed by atoms with Crippen LogP contribution in [0.5, 0.6) is 11.5 Å². The van der Waals surface area contributed by atoms with Crippen LogP contribution in [0.1, 0.15) is 57.1 Å². The van der Waals surface area contributed by atoms with E-state index in [2.05, 4.69) is 145 Å². The van der Waals surface area contributed by atoms with E-state index in [1.54, 1.807) is 0 Å². The average molecular weight is 1550 g/mol. The number of aliphatic hydroxyl groups is 1. The number of aromatic hydroxyl groups is 2. The van der Waals surface area contributed by atoms with E-state index >= 15 is 0 Å². The summed E-state index contributed by atoms with van der Waals surface area (Å²) in [5.41, 5.74) is 13.9. The van der Waals surface area contributed by atoms with Gasteiger partial charge in [-0.1, -0.05) is 24.3 Å². The number of phenols is 2. The lowest BCUT2D eigenvalue weighted by molar-refractivity contribution is -0.145. The number of hydrogen-bond donors (Lipinski definition) is 24. The van der Waals surface area contributed by atoms with Crippen molar-refractivity contribution in [1.29, 1.82) is 0 Å². The van der Waals surface area contributed by atoms with Crippen molar-refractivity contribution < 1.29 is 102 Å². The molecule has 2 aromatic rings. The number of thiol groups is 6. The standard InChI is InChI=1S/C60H87N15O21S6/c1-28(63-57(92)43(27-102)73-74-72-42(26-101)50(85)62-20-45(80)49(84)48(29(2)77)65-38(60(95)96-3)18-31-8-12-34(79)13-9-31)59(94)75-16-4-5-44(75)58(93)68-37(19-46(61)81)53(88)70-41(25-100)56(91)71-40(24-99)55(90)67-36(17-30-6-10-33(78)11-7-30)52(87)66-35(14-15-47(82)83)51(86)69-39(23-98)54(89)64-32(21-76)22-97/h6-13,21,28-29,32,35-44,48,65,72-74,77-79,97-102H,4-5,14-20,22-27H2,1-3H3,(H2,61,81)(H,62,85)(H,63,92)(H,64,89)(H,66,87)(H,67,90)(H,68,93)(H,69,86)(H,70,88)(H,71,91)(H,82,83)/t28?,29-,32?,35?,36+,37?,38?,39+,40?,41+,42+,43+,44+,48+/m1/s1. The normalized spacial score (nSPS) is 16.4. The van der Waals surface area contributed by atoms with Gasteiger partial charge in [-0.2, -0.15) is 81.3 Å². The van der Waals surface area contributed by atoms with E-state index in [9.17, 15) is 97.1 Å². The topological polar surface area (TPSA) is 549 Å². The van der Waals surface area contributed by atoms with Gasteiger partial charge < -0.3 is 88.4 Å². The van der Waals surface area contributed by atoms with Crippen molar-refractivity contribution in [3.8, 4) is 11.5 Å². The smallest absolute Gasteiger partial charge is 0.323 e. The Bertz CT molecular complexity index is 3280. The molecule has 3 rings (SSSR count). The number of ketones is 2. The number of hydrazine groups is 2. The lowest BCUT2D eigenvalue weighted by atomic mass is 9.99. The molecule has 0 bridgehead atoms. The van der Waals surface area contributed by atoms with Gasteiger partial charge in [-0.05, 0) is 74.9 Å². The van der Waals surface area contributed by atoms with Crippen LogP contribution < -0.4 is 75.3 Å². The number of carbonyl (C=O) groups excluding carboxylic acids is 15. The van der Waals surface area contributed by atoms with Crippen LogP contribution in [-0.4, -0.2) is 259 Å². The minimum absolute atomic E-state index is 0.0119. The minimum Gasteiger partial charge on any atom is -0.508 e. The summed E-state index contributed by atoms with van der Waals surface area (Å²) in [7, 11) is 1.10. The molecular weight excluding hydrogens is 1460 g/mol. The Hall–Kier alpha value is -7.94. The van der Waals surface area contributed by atoms with Gasteiger partial charge in [0, 0.05) is 53.9 Å². The number of carbonyl (C=O) groups is 16. The Morgan fingerprint density at radius 1 is 0.578 bits per heavy atom. The highest BCUT2D eigenvalue weighted by Crippen LogP contribution is 2.20. The summed E-state index contributed by atoms with van der Waals surface area (Å²) in [6.45, 7) is 1.65. The largest absolute Gasteiger partial charge is 0.508 e. The van der Waals surface area contributed by atoms with Crippen molar-refractivity contribution in [2.45, 2.75) is 143 Å². The minimum atomic E-state index is -1.78. The molecule has 36 nitrogen and oxygen atoms in total. The van der Waals surface area contributed by atoms with E-state index in [4.69, 9.17) is 10.5 Å². The van der Waals surface area contributed by atoms with Crippen molar-refractivity contribution in [2.75, 3.05) is 54.7 Å². The van der Waals surface area contributed by atoms with E-state index in [0.29, 0.717) is 17.4 Å². The fourth-order valence-electron chi connectivity index (χ4n) is 9.60. The molecule has 11 amide bonds. The van der Waals surface area contributed by atoms with Gasteiger partial charge >= 0.3 is 11.9 Å². The van der Waals surface area contributed by atoms with Gasteiger partial charge in [0.05, 0.1) is 32.2 Å². The van der Waals surface area contributed by atoms with Gasteiger partial charge in [0.1, 0.15) is 90.3 Å². The first-order chi connectivity index (χ1) is 48.3. The quantitative estimate of drug-likeness (QED) is 0.00963. The van der Waals surface area contributed by atoms with Crippen LogP contribution in [0.25, 0.3) is 0 Å². The first kappa shape index (κ1) is 88.3. The molecule has 19 N–H and O–H groups in total. The highest BCUT2D eigenvalue weighted by atomic mass is 32.1. The molecule has 14 atom stereocenters. The van der Waals surface area contributed by atoms with E-state index in [-0.39, 0.29) is 66.7 Å². The zero-order valence-electron chi connectivity index (χ0n) is 55.3. The molecule has 1 heterocycles. The van der Waals surface area contributed by atoms with E-state index in [1.165, 1.54) is 62.4 Å². The molecule has 564 valence electrons. The first-order valence-corrected chi connectivity index (χ1v) is 35.1. The third kappa shape index (κ3) is 29.1. The van der Waals surface area contributed by atoms with Gasteiger partial charge in [0.15, 0.2) is 0 Å². The maximum atomic E-state index is 14.1. The van der Waals surface area contributed by atoms with Gasteiger partial charge in [0.25, 0.3) is 0 Å². The molecule has 1 fully saturated rings. The van der Waals surface area contributed by atoms with Crippen LogP contribution in [-0.2, 0) is 94.3 Å². The summed E-state index contributed by atoms with van der Waals surface area (Å²) in [5.74, 6) is -17.3. The van der Waals surface area contributed by atoms with Gasteiger partial charge in [-0.3, -0.25) is 77.2 Å². The third-order valence-corrected chi connectivity index (χ3v) is 17.4. The van der Waals surface area contributed by atoms with Crippen molar-refractivity contribution in [3.63, 3.8) is 0 Å². The number of methoxy groups -OCH3 is 1. The number of carboxylic acid groups (broad SMARTS) is 1.